The number of carbonyl (C=O) groups excluding carboxylic acids is 2. The van der Waals surface area contributed by atoms with E-state index in [0.717, 1.165) is 5.56 Å². The summed E-state index contributed by atoms with van der Waals surface area (Å²) < 4.78 is 10.8. The molecule has 7 nitrogen and oxygen atoms in total. The zero-order valence-corrected chi connectivity index (χ0v) is 16.7. The zero-order valence-electron chi connectivity index (χ0n) is 15.9. The first kappa shape index (κ1) is 19.7. The third-order valence-corrected chi connectivity index (χ3v) is 5.11. The van der Waals surface area contributed by atoms with Gasteiger partial charge in [0.05, 0.1) is 24.5 Å². The Morgan fingerprint density at radius 2 is 2.00 bits per heavy atom. The van der Waals surface area contributed by atoms with Crippen molar-refractivity contribution in [3.05, 3.63) is 88.6 Å². The number of likely N-dealkylation sites (tertiary alicyclic amines) is 1. The number of pyridine rings is 1. The van der Waals surface area contributed by atoms with Gasteiger partial charge >= 0.3 is 0 Å². The lowest BCUT2D eigenvalue weighted by Crippen LogP contribution is -2.29. The molecule has 3 heterocycles. The van der Waals surface area contributed by atoms with Gasteiger partial charge in [0.1, 0.15) is 23.3 Å². The average Bonchev–Trinajstić information content (AvgIpc) is 3.37. The van der Waals surface area contributed by atoms with Crippen LogP contribution in [0, 0.1) is 0 Å². The molecule has 1 aliphatic heterocycles. The molecule has 30 heavy (non-hydrogen) atoms. The topological polar surface area (TPSA) is 92.9 Å². The molecule has 0 aliphatic carbocycles. The van der Waals surface area contributed by atoms with E-state index in [9.17, 15) is 14.7 Å². The summed E-state index contributed by atoms with van der Waals surface area (Å²) in [5.41, 5.74) is 0.900. The van der Waals surface area contributed by atoms with Crippen molar-refractivity contribution in [3.63, 3.8) is 0 Å². The first-order chi connectivity index (χ1) is 14.5. The van der Waals surface area contributed by atoms with Crippen LogP contribution < -0.4 is 4.74 Å². The summed E-state index contributed by atoms with van der Waals surface area (Å²) in [5.74, 6) is -1.27. The van der Waals surface area contributed by atoms with Gasteiger partial charge in [0.2, 0.25) is 0 Å². The smallest absolute Gasteiger partial charge is 0.296 e. The minimum absolute atomic E-state index is 0.0930. The number of furan rings is 1. The van der Waals surface area contributed by atoms with E-state index in [1.54, 1.807) is 48.8 Å². The Bertz CT molecular complexity index is 1130. The number of carbonyl (C=O) groups is 2. The van der Waals surface area contributed by atoms with E-state index in [4.69, 9.17) is 20.8 Å². The molecule has 0 saturated carbocycles. The molecule has 0 radical (unpaired) electrons. The fourth-order valence-electron chi connectivity index (χ4n) is 3.48. The number of aliphatic hydroxyl groups excluding tert-OH is 1. The Morgan fingerprint density at radius 3 is 2.67 bits per heavy atom. The third-order valence-electron chi connectivity index (χ3n) is 4.87. The number of ketones is 1. The molecule has 1 unspecified atom stereocenters. The number of amides is 1. The van der Waals surface area contributed by atoms with Crippen LogP contribution in [0.25, 0.3) is 5.76 Å². The Morgan fingerprint density at radius 1 is 1.23 bits per heavy atom. The van der Waals surface area contributed by atoms with Crippen molar-refractivity contribution in [2.45, 2.75) is 12.6 Å². The van der Waals surface area contributed by atoms with Gasteiger partial charge in [0.25, 0.3) is 11.7 Å². The molecule has 1 N–H and O–H groups in total. The second-order valence-electron chi connectivity index (χ2n) is 6.64. The predicted molar refractivity (Wildman–Crippen MR) is 109 cm³/mol. The van der Waals surface area contributed by atoms with Gasteiger partial charge in [-0.3, -0.25) is 14.6 Å². The number of methoxy groups -OCH3 is 1. The average molecular weight is 425 g/mol. The van der Waals surface area contributed by atoms with Crippen LogP contribution in [0.4, 0.5) is 0 Å². The number of ether oxygens (including phenoxy) is 1. The first-order valence-corrected chi connectivity index (χ1v) is 9.43. The van der Waals surface area contributed by atoms with Gasteiger partial charge in [-0.2, -0.15) is 0 Å². The van der Waals surface area contributed by atoms with Crippen LogP contribution in [0.2, 0.25) is 5.02 Å². The van der Waals surface area contributed by atoms with Gasteiger partial charge in [-0.1, -0.05) is 11.6 Å². The molecule has 1 amide bonds. The van der Waals surface area contributed by atoms with Crippen LogP contribution >= 0.6 is 11.6 Å². The van der Waals surface area contributed by atoms with Gasteiger partial charge < -0.3 is 19.2 Å². The highest BCUT2D eigenvalue weighted by Crippen LogP contribution is 2.42. The summed E-state index contributed by atoms with van der Waals surface area (Å²) in [7, 11) is 1.44. The number of aliphatic hydroxyl groups is 1. The minimum Gasteiger partial charge on any atom is -0.507 e. The number of hydrogen-bond donors (Lipinski definition) is 1. The molecule has 0 spiro atoms. The maximum absolute atomic E-state index is 13.0. The predicted octanol–water partition coefficient (Wildman–Crippen LogP) is 3.96. The van der Waals surface area contributed by atoms with Gasteiger partial charge in [0.15, 0.2) is 0 Å². The first-order valence-electron chi connectivity index (χ1n) is 9.06. The fourth-order valence-corrected chi connectivity index (χ4v) is 3.65. The highest BCUT2D eigenvalue weighted by Gasteiger charge is 2.47. The third kappa shape index (κ3) is 3.44. The van der Waals surface area contributed by atoms with E-state index in [0.29, 0.717) is 16.5 Å². The van der Waals surface area contributed by atoms with E-state index in [-0.39, 0.29) is 23.4 Å². The Labute approximate surface area is 177 Å². The van der Waals surface area contributed by atoms with Gasteiger partial charge in [-0.15, -0.1) is 0 Å². The molecular formula is C22H17ClN2O5. The van der Waals surface area contributed by atoms with Crippen molar-refractivity contribution in [3.8, 4) is 5.75 Å². The van der Waals surface area contributed by atoms with Crippen LogP contribution in [0.15, 0.2) is 71.1 Å². The number of nitrogens with zero attached hydrogens (tertiary/aromatic N) is 2. The van der Waals surface area contributed by atoms with Gasteiger partial charge in [-0.25, -0.2) is 0 Å². The van der Waals surface area contributed by atoms with E-state index >= 15 is 0 Å². The maximum atomic E-state index is 13.0. The molecule has 2 aromatic heterocycles. The van der Waals surface area contributed by atoms with Crippen molar-refractivity contribution in [1.29, 1.82) is 0 Å². The summed E-state index contributed by atoms with van der Waals surface area (Å²) in [6, 6.07) is 10.6. The molecule has 1 fully saturated rings. The lowest BCUT2D eigenvalue weighted by atomic mass is 9.98. The van der Waals surface area contributed by atoms with Gasteiger partial charge in [0, 0.05) is 24.0 Å². The second-order valence-corrected chi connectivity index (χ2v) is 7.08. The standard InChI is InChI=1S/C22H17ClN2O5/c1-29-16-5-4-14(23)11-15(16)20(26)18-19(17-3-2-10-30-17)25(22(28)21(18)27)12-13-6-8-24-9-7-13/h2-11,19,26H,12H2,1H3/b20-18-. The zero-order chi connectivity index (χ0) is 21.3. The quantitative estimate of drug-likeness (QED) is 0.378. The van der Waals surface area contributed by atoms with Crippen molar-refractivity contribution in [1.82, 2.24) is 9.88 Å². The normalized spacial score (nSPS) is 18.1. The monoisotopic (exact) mass is 424 g/mol. The Hall–Kier alpha value is -3.58. The lowest BCUT2D eigenvalue weighted by molar-refractivity contribution is -0.140. The minimum atomic E-state index is -0.906. The number of rotatable bonds is 5. The molecule has 1 saturated heterocycles. The fraction of sp³-hybridized carbons (Fsp3) is 0.136. The number of halogens is 1. The number of Topliss-reactive ketones (excluding diaryl/α,β-unsaturated/α-hetero) is 1. The Balaban J connectivity index is 1.88. The number of aromatic nitrogens is 1. The van der Waals surface area contributed by atoms with E-state index < -0.39 is 17.7 Å². The molecule has 1 aromatic carbocycles. The van der Waals surface area contributed by atoms with E-state index in [1.165, 1.54) is 24.3 Å². The summed E-state index contributed by atoms with van der Waals surface area (Å²) in [6.45, 7) is 0.141. The highest BCUT2D eigenvalue weighted by atomic mass is 35.5. The van der Waals surface area contributed by atoms with Crippen molar-refractivity contribution in [2.24, 2.45) is 0 Å². The van der Waals surface area contributed by atoms with E-state index in [2.05, 4.69) is 4.98 Å². The van der Waals surface area contributed by atoms with E-state index in [1.807, 2.05) is 0 Å². The van der Waals surface area contributed by atoms with Crippen molar-refractivity contribution < 1.29 is 23.8 Å². The van der Waals surface area contributed by atoms with Gasteiger partial charge in [-0.05, 0) is 48.0 Å². The summed E-state index contributed by atoms with van der Waals surface area (Å²) >= 11 is 6.09. The lowest BCUT2D eigenvalue weighted by Gasteiger charge is -2.23. The molecule has 152 valence electrons. The summed E-state index contributed by atoms with van der Waals surface area (Å²) in [6.07, 6.45) is 4.65. The van der Waals surface area contributed by atoms with Crippen LogP contribution in [-0.2, 0) is 16.1 Å². The molecule has 1 atom stereocenters. The summed E-state index contributed by atoms with van der Waals surface area (Å²) in [4.78, 5) is 31.2. The second kappa shape index (κ2) is 8.04. The van der Waals surface area contributed by atoms with Crippen molar-refractivity contribution >= 4 is 29.1 Å². The molecule has 0 bridgehead atoms. The molecule has 1 aliphatic rings. The number of hydrogen-bond acceptors (Lipinski definition) is 6. The largest absolute Gasteiger partial charge is 0.507 e. The number of benzene rings is 1. The Kier molecular flexibility index (Phi) is 5.29. The SMILES string of the molecule is COc1ccc(Cl)cc1/C(O)=C1/C(=O)C(=O)N(Cc2ccncc2)C1c1ccco1. The highest BCUT2D eigenvalue weighted by molar-refractivity contribution is 6.46. The van der Waals surface area contributed by atoms with Crippen LogP contribution in [0.1, 0.15) is 22.9 Å². The molecular weight excluding hydrogens is 408 g/mol. The van der Waals surface area contributed by atoms with Crippen molar-refractivity contribution in [2.75, 3.05) is 7.11 Å². The van der Waals surface area contributed by atoms with Crippen LogP contribution in [-0.4, -0.2) is 33.8 Å². The van der Waals surface area contributed by atoms with Crippen LogP contribution in [0.5, 0.6) is 5.75 Å². The molecule has 3 aromatic rings. The molecule has 8 heteroatoms. The summed E-state index contributed by atoms with van der Waals surface area (Å²) in [5, 5.41) is 11.4. The molecule has 4 rings (SSSR count). The maximum Gasteiger partial charge on any atom is 0.296 e. The van der Waals surface area contributed by atoms with Crippen LogP contribution in [0.3, 0.4) is 0 Å².